The van der Waals surface area contributed by atoms with E-state index in [9.17, 15) is 14.0 Å². The molecular formula is C19H20FNO4. The molecule has 1 N–H and O–H groups in total. The standard InChI is InChI=1S/C19H20FNO4/c20-14-10-8-13(9-11-14)17(25-19(23)16-7-4-12-24-16)18(22)21-15-5-2-1-3-6-15/h4,7-12,15,17H,1-3,5-6H2,(H,21,22)/t17-/m1/s1. The molecule has 1 aromatic carbocycles. The number of carbonyl (C=O) groups is 2. The Hall–Kier alpha value is -2.63. The summed E-state index contributed by atoms with van der Waals surface area (Å²) in [5.74, 6) is -1.55. The fraction of sp³-hybridized carbons (Fsp3) is 0.368. The van der Waals surface area contributed by atoms with Crippen molar-refractivity contribution in [3.05, 3.63) is 59.8 Å². The van der Waals surface area contributed by atoms with Crippen LogP contribution in [0.25, 0.3) is 0 Å². The van der Waals surface area contributed by atoms with E-state index in [0.29, 0.717) is 5.56 Å². The number of amides is 1. The number of hydrogen-bond acceptors (Lipinski definition) is 4. The maximum Gasteiger partial charge on any atom is 0.375 e. The topological polar surface area (TPSA) is 68.5 Å². The number of ether oxygens (including phenoxy) is 1. The van der Waals surface area contributed by atoms with Gasteiger partial charge in [-0.05, 0) is 37.1 Å². The fourth-order valence-corrected chi connectivity index (χ4v) is 2.99. The van der Waals surface area contributed by atoms with Crippen molar-refractivity contribution in [1.29, 1.82) is 0 Å². The average Bonchev–Trinajstić information content (AvgIpc) is 3.16. The molecule has 0 spiro atoms. The summed E-state index contributed by atoms with van der Waals surface area (Å²) in [6, 6.07) is 8.44. The number of rotatable bonds is 5. The van der Waals surface area contributed by atoms with Gasteiger partial charge in [0.1, 0.15) is 5.82 Å². The largest absolute Gasteiger partial charge is 0.457 e. The van der Waals surface area contributed by atoms with Gasteiger partial charge in [-0.15, -0.1) is 0 Å². The summed E-state index contributed by atoms with van der Waals surface area (Å²) in [5.41, 5.74) is 0.412. The molecule has 0 bridgehead atoms. The summed E-state index contributed by atoms with van der Waals surface area (Å²) in [4.78, 5) is 24.9. The van der Waals surface area contributed by atoms with Gasteiger partial charge in [-0.25, -0.2) is 9.18 Å². The third-order valence-electron chi connectivity index (χ3n) is 4.31. The van der Waals surface area contributed by atoms with E-state index in [1.54, 1.807) is 6.07 Å². The highest BCUT2D eigenvalue weighted by Gasteiger charge is 2.28. The lowest BCUT2D eigenvalue weighted by atomic mass is 9.95. The van der Waals surface area contributed by atoms with E-state index in [-0.39, 0.29) is 11.8 Å². The van der Waals surface area contributed by atoms with Crippen LogP contribution < -0.4 is 5.32 Å². The van der Waals surface area contributed by atoms with E-state index in [0.717, 1.165) is 25.7 Å². The van der Waals surface area contributed by atoms with Gasteiger partial charge in [-0.1, -0.05) is 31.4 Å². The van der Waals surface area contributed by atoms with Gasteiger partial charge in [0.15, 0.2) is 0 Å². The molecule has 1 atom stereocenters. The molecule has 3 rings (SSSR count). The minimum Gasteiger partial charge on any atom is -0.457 e. The van der Waals surface area contributed by atoms with Crippen molar-refractivity contribution >= 4 is 11.9 Å². The van der Waals surface area contributed by atoms with Crippen molar-refractivity contribution in [2.24, 2.45) is 0 Å². The second kappa shape index (κ2) is 7.96. The fourth-order valence-electron chi connectivity index (χ4n) is 2.99. The molecule has 2 aromatic rings. The zero-order chi connectivity index (χ0) is 17.6. The monoisotopic (exact) mass is 345 g/mol. The Morgan fingerprint density at radius 1 is 1.12 bits per heavy atom. The van der Waals surface area contributed by atoms with E-state index >= 15 is 0 Å². The van der Waals surface area contributed by atoms with E-state index in [1.165, 1.54) is 43.0 Å². The van der Waals surface area contributed by atoms with Crippen molar-refractivity contribution in [3.63, 3.8) is 0 Å². The van der Waals surface area contributed by atoms with E-state index in [4.69, 9.17) is 9.15 Å². The molecule has 1 heterocycles. The minimum absolute atomic E-state index is 0.0116. The van der Waals surface area contributed by atoms with Gasteiger partial charge in [0.25, 0.3) is 5.91 Å². The van der Waals surface area contributed by atoms with Gasteiger partial charge in [0, 0.05) is 11.6 Å². The van der Waals surface area contributed by atoms with Crippen LogP contribution in [0.2, 0.25) is 0 Å². The molecule has 1 aliphatic carbocycles. The molecular weight excluding hydrogens is 325 g/mol. The molecule has 1 saturated carbocycles. The van der Waals surface area contributed by atoms with Gasteiger partial charge in [0.05, 0.1) is 6.26 Å². The molecule has 0 radical (unpaired) electrons. The van der Waals surface area contributed by atoms with Crippen LogP contribution in [0.3, 0.4) is 0 Å². The van der Waals surface area contributed by atoms with Crippen LogP contribution >= 0.6 is 0 Å². The first kappa shape index (κ1) is 17.2. The predicted octanol–water partition coefficient (Wildman–Crippen LogP) is 3.77. The second-order valence-electron chi connectivity index (χ2n) is 6.16. The van der Waals surface area contributed by atoms with Gasteiger partial charge >= 0.3 is 5.97 Å². The average molecular weight is 345 g/mol. The van der Waals surface area contributed by atoms with Crippen molar-refractivity contribution in [2.75, 3.05) is 0 Å². The van der Waals surface area contributed by atoms with Crippen molar-refractivity contribution in [2.45, 2.75) is 44.2 Å². The van der Waals surface area contributed by atoms with Crippen LogP contribution in [0.5, 0.6) is 0 Å². The Balaban J connectivity index is 1.76. The maximum atomic E-state index is 13.2. The van der Waals surface area contributed by atoms with Crippen molar-refractivity contribution in [1.82, 2.24) is 5.32 Å². The van der Waals surface area contributed by atoms with Crippen LogP contribution in [-0.2, 0) is 9.53 Å². The highest BCUT2D eigenvalue weighted by atomic mass is 19.1. The smallest absolute Gasteiger partial charge is 0.375 e. The maximum absolute atomic E-state index is 13.2. The van der Waals surface area contributed by atoms with Crippen molar-refractivity contribution < 1.29 is 23.1 Å². The SMILES string of the molecule is O=C(O[C@@H](C(=O)NC1CCCCC1)c1ccc(F)cc1)c1ccco1. The summed E-state index contributed by atoms with van der Waals surface area (Å²) in [5, 5.41) is 2.94. The van der Waals surface area contributed by atoms with Gasteiger partial charge in [0.2, 0.25) is 11.9 Å². The Morgan fingerprint density at radius 3 is 2.48 bits per heavy atom. The summed E-state index contributed by atoms with van der Waals surface area (Å²) >= 11 is 0. The zero-order valence-electron chi connectivity index (χ0n) is 13.7. The normalized spacial score (nSPS) is 16.2. The van der Waals surface area contributed by atoms with Gasteiger partial charge in [-0.3, -0.25) is 4.79 Å². The molecule has 25 heavy (non-hydrogen) atoms. The first-order chi connectivity index (χ1) is 12.1. The molecule has 0 saturated heterocycles. The highest BCUT2D eigenvalue weighted by Crippen LogP contribution is 2.23. The van der Waals surface area contributed by atoms with Crippen LogP contribution in [-0.4, -0.2) is 17.9 Å². The highest BCUT2D eigenvalue weighted by molar-refractivity contribution is 5.90. The molecule has 0 unspecified atom stereocenters. The molecule has 5 nitrogen and oxygen atoms in total. The van der Waals surface area contributed by atoms with Gasteiger partial charge in [-0.2, -0.15) is 0 Å². The second-order valence-corrected chi connectivity index (χ2v) is 6.16. The molecule has 1 amide bonds. The first-order valence-corrected chi connectivity index (χ1v) is 8.44. The summed E-state index contributed by atoms with van der Waals surface area (Å²) < 4.78 is 23.6. The number of nitrogens with one attached hydrogen (secondary N) is 1. The van der Waals surface area contributed by atoms with Gasteiger partial charge < -0.3 is 14.5 Å². The molecule has 6 heteroatoms. The number of carbonyl (C=O) groups excluding carboxylic acids is 2. The van der Waals surface area contributed by atoms with Crippen LogP contribution in [0.4, 0.5) is 4.39 Å². The molecule has 0 aliphatic heterocycles. The lowest BCUT2D eigenvalue weighted by molar-refractivity contribution is -0.131. The third kappa shape index (κ3) is 4.47. The molecule has 1 aromatic heterocycles. The minimum atomic E-state index is -1.15. The van der Waals surface area contributed by atoms with E-state index in [2.05, 4.69) is 5.32 Å². The Labute approximate surface area is 145 Å². The lowest BCUT2D eigenvalue weighted by Gasteiger charge is -2.25. The number of furan rings is 1. The molecule has 1 aliphatic rings. The Morgan fingerprint density at radius 2 is 1.84 bits per heavy atom. The van der Waals surface area contributed by atoms with Crippen molar-refractivity contribution in [3.8, 4) is 0 Å². The zero-order valence-corrected chi connectivity index (χ0v) is 13.7. The van der Waals surface area contributed by atoms with E-state index < -0.39 is 23.8 Å². The molecule has 1 fully saturated rings. The summed E-state index contributed by atoms with van der Waals surface area (Å²) in [6.45, 7) is 0. The van der Waals surface area contributed by atoms with Crippen LogP contribution in [0.1, 0.15) is 54.3 Å². The first-order valence-electron chi connectivity index (χ1n) is 8.44. The van der Waals surface area contributed by atoms with Crippen LogP contribution in [0, 0.1) is 5.82 Å². The quantitative estimate of drug-likeness (QED) is 0.838. The summed E-state index contributed by atoms with van der Waals surface area (Å²) in [7, 11) is 0. The number of halogens is 1. The lowest BCUT2D eigenvalue weighted by Crippen LogP contribution is -2.40. The number of hydrogen-bond donors (Lipinski definition) is 1. The summed E-state index contributed by atoms with van der Waals surface area (Å²) in [6.07, 6.45) is 5.33. The van der Waals surface area contributed by atoms with E-state index in [1.807, 2.05) is 0 Å². The Kier molecular flexibility index (Phi) is 5.48. The molecule has 132 valence electrons. The number of benzene rings is 1. The predicted molar refractivity (Wildman–Crippen MR) is 88.3 cm³/mol. The third-order valence-corrected chi connectivity index (χ3v) is 4.31. The Bertz CT molecular complexity index is 706. The number of esters is 1. The van der Waals surface area contributed by atoms with Crippen LogP contribution in [0.15, 0.2) is 47.1 Å².